The van der Waals surface area contributed by atoms with Crippen molar-refractivity contribution in [3.05, 3.63) is 62.4 Å². The van der Waals surface area contributed by atoms with Crippen molar-refractivity contribution in [2.75, 3.05) is 19.8 Å². The zero-order chi connectivity index (χ0) is 18.7. The average molecular weight is 381 g/mol. The summed E-state index contributed by atoms with van der Waals surface area (Å²) in [6.07, 6.45) is 0.415. The van der Waals surface area contributed by atoms with Crippen LogP contribution >= 0.6 is 11.6 Å². The Morgan fingerprint density at radius 2 is 2.04 bits per heavy atom. The number of carbonyl (C=O) groups is 1. The van der Waals surface area contributed by atoms with Gasteiger partial charge in [0.1, 0.15) is 19.0 Å². The fraction of sp³-hybridized carbons (Fsp3) is 0.235. The number of benzene rings is 2. The first kappa shape index (κ1) is 17.9. The van der Waals surface area contributed by atoms with Crippen molar-refractivity contribution in [2.45, 2.75) is 6.42 Å². The van der Waals surface area contributed by atoms with Gasteiger partial charge in [0.25, 0.3) is 11.6 Å². The predicted octanol–water partition coefficient (Wildman–Crippen LogP) is 3.13. The molecule has 0 radical (unpaired) electrons. The SMILES string of the molecule is O=C(NCCc1cc(Cl)c2c(c1)OCCO2)c1cc([N+](=O)[O-])ccc1F. The van der Waals surface area contributed by atoms with E-state index in [9.17, 15) is 19.3 Å². The van der Waals surface area contributed by atoms with Gasteiger partial charge in [-0.25, -0.2) is 4.39 Å². The molecule has 0 aliphatic carbocycles. The second kappa shape index (κ2) is 7.57. The third kappa shape index (κ3) is 3.85. The molecule has 0 atom stereocenters. The van der Waals surface area contributed by atoms with Crippen LogP contribution < -0.4 is 14.8 Å². The van der Waals surface area contributed by atoms with Crippen LogP contribution in [0.2, 0.25) is 5.02 Å². The van der Waals surface area contributed by atoms with E-state index in [1.807, 2.05) is 0 Å². The maximum Gasteiger partial charge on any atom is 0.270 e. The van der Waals surface area contributed by atoms with Gasteiger partial charge < -0.3 is 14.8 Å². The summed E-state index contributed by atoms with van der Waals surface area (Å²) in [6, 6.07) is 6.28. The average Bonchev–Trinajstić information content (AvgIpc) is 2.62. The first-order valence-corrected chi connectivity index (χ1v) is 8.13. The van der Waals surface area contributed by atoms with Crippen LogP contribution in [0, 0.1) is 15.9 Å². The van der Waals surface area contributed by atoms with Crippen molar-refractivity contribution >= 4 is 23.2 Å². The molecule has 0 bridgehead atoms. The molecule has 136 valence electrons. The summed E-state index contributed by atoms with van der Waals surface area (Å²) in [6.45, 7) is 1.05. The molecule has 2 aromatic rings. The Kier molecular flexibility index (Phi) is 5.22. The highest BCUT2D eigenvalue weighted by molar-refractivity contribution is 6.32. The maximum absolute atomic E-state index is 13.7. The number of nitrogens with one attached hydrogen (secondary N) is 1. The number of fused-ring (bicyclic) bond motifs is 1. The van der Waals surface area contributed by atoms with Crippen molar-refractivity contribution in [3.63, 3.8) is 0 Å². The molecule has 1 aliphatic heterocycles. The van der Waals surface area contributed by atoms with E-state index in [2.05, 4.69) is 5.32 Å². The predicted molar refractivity (Wildman–Crippen MR) is 91.5 cm³/mol. The number of nitrogens with zero attached hydrogens (tertiary/aromatic N) is 1. The highest BCUT2D eigenvalue weighted by Gasteiger charge is 2.18. The second-order valence-corrected chi connectivity index (χ2v) is 5.94. The topological polar surface area (TPSA) is 90.7 Å². The Morgan fingerprint density at radius 3 is 2.81 bits per heavy atom. The first-order chi connectivity index (χ1) is 12.5. The van der Waals surface area contributed by atoms with E-state index in [1.54, 1.807) is 12.1 Å². The summed E-state index contributed by atoms with van der Waals surface area (Å²) < 4.78 is 24.7. The molecule has 3 rings (SSSR count). The summed E-state index contributed by atoms with van der Waals surface area (Å²) in [5, 5.41) is 13.7. The quantitative estimate of drug-likeness (QED) is 0.635. The molecule has 1 heterocycles. The summed E-state index contributed by atoms with van der Waals surface area (Å²) in [4.78, 5) is 22.2. The maximum atomic E-state index is 13.7. The molecule has 1 aliphatic rings. The zero-order valence-electron chi connectivity index (χ0n) is 13.5. The number of hydrogen-bond donors (Lipinski definition) is 1. The van der Waals surface area contributed by atoms with Crippen LogP contribution in [0.3, 0.4) is 0 Å². The van der Waals surface area contributed by atoms with E-state index in [0.29, 0.717) is 36.2 Å². The molecule has 0 saturated heterocycles. The molecule has 1 amide bonds. The van der Waals surface area contributed by atoms with E-state index in [1.165, 1.54) is 0 Å². The molecule has 9 heteroatoms. The largest absolute Gasteiger partial charge is 0.486 e. The monoisotopic (exact) mass is 380 g/mol. The van der Waals surface area contributed by atoms with Gasteiger partial charge in [0.2, 0.25) is 0 Å². The van der Waals surface area contributed by atoms with E-state index >= 15 is 0 Å². The van der Waals surface area contributed by atoms with Crippen molar-refractivity contribution in [2.24, 2.45) is 0 Å². The number of ether oxygens (including phenoxy) is 2. The molecule has 26 heavy (non-hydrogen) atoms. The van der Waals surface area contributed by atoms with Gasteiger partial charge >= 0.3 is 0 Å². The molecule has 0 aromatic heterocycles. The van der Waals surface area contributed by atoms with Gasteiger partial charge in [-0.05, 0) is 30.2 Å². The molecule has 0 spiro atoms. The highest BCUT2D eigenvalue weighted by Crippen LogP contribution is 2.38. The fourth-order valence-corrected chi connectivity index (χ4v) is 2.81. The van der Waals surface area contributed by atoms with Gasteiger partial charge in [0, 0.05) is 18.7 Å². The lowest BCUT2D eigenvalue weighted by molar-refractivity contribution is -0.384. The van der Waals surface area contributed by atoms with Gasteiger partial charge in [0.15, 0.2) is 11.5 Å². The van der Waals surface area contributed by atoms with Gasteiger partial charge in [-0.1, -0.05) is 11.6 Å². The van der Waals surface area contributed by atoms with Crippen molar-refractivity contribution < 1.29 is 23.6 Å². The van der Waals surface area contributed by atoms with E-state index in [0.717, 1.165) is 23.8 Å². The van der Waals surface area contributed by atoms with Crippen molar-refractivity contribution in [1.29, 1.82) is 0 Å². The third-order valence-electron chi connectivity index (χ3n) is 3.76. The summed E-state index contributed by atoms with van der Waals surface area (Å²) in [7, 11) is 0. The number of nitro groups is 1. The molecule has 0 unspecified atom stereocenters. The molecule has 0 saturated carbocycles. The molecular weight excluding hydrogens is 367 g/mol. The Labute approximate surface area is 152 Å². The zero-order valence-corrected chi connectivity index (χ0v) is 14.2. The Hall–Kier alpha value is -2.87. The summed E-state index contributed by atoms with van der Waals surface area (Å²) >= 11 is 6.15. The lowest BCUT2D eigenvalue weighted by Crippen LogP contribution is -2.26. The second-order valence-electron chi connectivity index (χ2n) is 5.53. The number of rotatable bonds is 5. The Morgan fingerprint density at radius 1 is 1.27 bits per heavy atom. The van der Waals surface area contributed by atoms with Crippen molar-refractivity contribution in [3.8, 4) is 11.5 Å². The lowest BCUT2D eigenvalue weighted by Gasteiger charge is -2.20. The number of halogens is 2. The van der Waals surface area contributed by atoms with Crippen molar-refractivity contribution in [1.82, 2.24) is 5.32 Å². The molecule has 0 fully saturated rings. The van der Waals surface area contributed by atoms with Crippen LogP contribution in [0.4, 0.5) is 10.1 Å². The van der Waals surface area contributed by atoms with Gasteiger partial charge in [0.05, 0.1) is 15.5 Å². The van der Waals surface area contributed by atoms with Crippen LogP contribution in [-0.4, -0.2) is 30.6 Å². The Balaban J connectivity index is 1.65. The number of non-ortho nitro benzene ring substituents is 1. The van der Waals surface area contributed by atoms with Gasteiger partial charge in [-0.3, -0.25) is 14.9 Å². The van der Waals surface area contributed by atoms with Gasteiger partial charge in [-0.2, -0.15) is 0 Å². The van der Waals surface area contributed by atoms with E-state index in [-0.39, 0.29) is 17.8 Å². The van der Waals surface area contributed by atoms with Crippen LogP contribution in [0.1, 0.15) is 15.9 Å². The van der Waals surface area contributed by atoms with E-state index < -0.39 is 16.6 Å². The molecule has 1 N–H and O–H groups in total. The number of hydrogen-bond acceptors (Lipinski definition) is 5. The number of nitro benzene ring substituents is 1. The van der Waals surface area contributed by atoms with Crippen LogP contribution in [-0.2, 0) is 6.42 Å². The molecule has 7 nitrogen and oxygen atoms in total. The van der Waals surface area contributed by atoms with Crippen LogP contribution in [0.5, 0.6) is 11.5 Å². The smallest absolute Gasteiger partial charge is 0.270 e. The van der Waals surface area contributed by atoms with E-state index in [4.69, 9.17) is 21.1 Å². The van der Waals surface area contributed by atoms with Gasteiger partial charge in [-0.15, -0.1) is 0 Å². The minimum Gasteiger partial charge on any atom is -0.486 e. The summed E-state index contributed by atoms with van der Waals surface area (Å²) in [5.41, 5.74) is 0.0774. The fourth-order valence-electron chi connectivity index (χ4n) is 2.53. The number of amides is 1. The summed E-state index contributed by atoms with van der Waals surface area (Å²) in [5.74, 6) is -0.524. The number of carbonyl (C=O) groups excluding carboxylic acids is 1. The normalized spacial score (nSPS) is 12.5. The Bertz CT molecular complexity index is 874. The molecular formula is C17H14ClFN2O5. The standard InChI is InChI=1S/C17H14ClFN2O5/c18-13-7-10(8-15-16(13)26-6-5-25-15)3-4-20-17(22)12-9-11(21(23)24)1-2-14(12)19/h1-2,7-9H,3-6H2,(H,20,22). The highest BCUT2D eigenvalue weighted by atomic mass is 35.5. The minimum absolute atomic E-state index is 0.191. The third-order valence-corrected chi connectivity index (χ3v) is 4.04. The molecule has 2 aromatic carbocycles. The first-order valence-electron chi connectivity index (χ1n) is 7.76. The minimum atomic E-state index is -0.824. The lowest BCUT2D eigenvalue weighted by atomic mass is 10.1. The van der Waals surface area contributed by atoms with Crippen LogP contribution in [0.15, 0.2) is 30.3 Å². The van der Waals surface area contributed by atoms with Crippen LogP contribution in [0.25, 0.3) is 0 Å².